The quantitative estimate of drug-likeness (QED) is 0.516. The zero-order valence-corrected chi connectivity index (χ0v) is 7.93. The highest BCUT2D eigenvalue weighted by Crippen LogP contribution is 2.44. The van der Waals surface area contributed by atoms with Crippen LogP contribution in [0.15, 0.2) is 0 Å². The fourth-order valence-electron chi connectivity index (χ4n) is 3.00. The minimum Gasteiger partial charge on any atom is -0.298 e. The van der Waals surface area contributed by atoms with Gasteiger partial charge in [-0.25, -0.2) is 0 Å². The first-order chi connectivity index (χ1) is 5.11. The summed E-state index contributed by atoms with van der Waals surface area (Å²) in [6.45, 7) is 4.76. The second kappa shape index (κ2) is 2.22. The van der Waals surface area contributed by atoms with Crippen molar-refractivity contribution in [2.24, 2.45) is 5.92 Å². The molecular formula is C10H19N. The molecule has 0 amide bonds. The summed E-state index contributed by atoms with van der Waals surface area (Å²) in [6.07, 6.45) is 5.83. The molecule has 2 unspecified atom stereocenters. The Bertz CT molecular complexity index is 162. The van der Waals surface area contributed by atoms with Crippen molar-refractivity contribution >= 4 is 0 Å². The van der Waals surface area contributed by atoms with Crippen molar-refractivity contribution in [2.75, 3.05) is 7.05 Å². The Kier molecular flexibility index (Phi) is 1.54. The molecule has 0 aromatic carbocycles. The summed E-state index contributed by atoms with van der Waals surface area (Å²) in [5, 5.41) is 0. The van der Waals surface area contributed by atoms with Crippen molar-refractivity contribution in [3.8, 4) is 0 Å². The lowest BCUT2D eigenvalue weighted by molar-refractivity contribution is 0.166. The van der Waals surface area contributed by atoms with E-state index in [9.17, 15) is 0 Å². The molecule has 2 fully saturated rings. The highest BCUT2D eigenvalue weighted by Gasteiger charge is 2.45. The predicted molar refractivity (Wildman–Crippen MR) is 47.6 cm³/mol. The Morgan fingerprint density at radius 3 is 2.64 bits per heavy atom. The fourth-order valence-corrected chi connectivity index (χ4v) is 3.00. The number of likely N-dealkylation sites (tertiary alicyclic amines) is 1. The lowest BCUT2D eigenvalue weighted by Crippen LogP contribution is -2.39. The molecule has 1 nitrogen and oxygen atoms in total. The first-order valence-corrected chi connectivity index (χ1v) is 4.84. The normalized spacial score (nSPS) is 42.8. The molecule has 2 rings (SSSR count). The van der Waals surface area contributed by atoms with Crippen molar-refractivity contribution in [1.82, 2.24) is 4.90 Å². The van der Waals surface area contributed by atoms with Gasteiger partial charge in [0.1, 0.15) is 0 Å². The largest absolute Gasteiger partial charge is 0.298 e. The molecule has 0 N–H and O–H groups in total. The summed E-state index contributed by atoms with van der Waals surface area (Å²) >= 11 is 0. The van der Waals surface area contributed by atoms with Crippen LogP contribution in [0.2, 0.25) is 0 Å². The summed E-state index contributed by atoms with van der Waals surface area (Å²) in [5.41, 5.74) is 0.482. The first kappa shape index (κ1) is 7.60. The Labute approximate surface area is 69.8 Å². The van der Waals surface area contributed by atoms with Crippen molar-refractivity contribution in [2.45, 2.75) is 51.1 Å². The number of nitrogens with zero attached hydrogens (tertiary/aromatic N) is 1. The molecule has 1 heteroatoms. The van der Waals surface area contributed by atoms with E-state index < -0.39 is 0 Å². The lowest BCUT2D eigenvalue weighted by Gasteiger charge is -2.31. The van der Waals surface area contributed by atoms with E-state index in [-0.39, 0.29) is 0 Å². The third-order valence-corrected chi connectivity index (χ3v) is 3.83. The van der Waals surface area contributed by atoms with E-state index in [1.54, 1.807) is 0 Å². The molecule has 64 valence electrons. The van der Waals surface area contributed by atoms with E-state index >= 15 is 0 Å². The summed E-state index contributed by atoms with van der Waals surface area (Å²) in [4.78, 5) is 2.60. The average Bonchev–Trinajstić information content (AvgIpc) is 2.39. The van der Waals surface area contributed by atoms with Gasteiger partial charge in [-0.1, -0.05) is 6.42 Å². The first-order valence-electron chi connectivity index (χ1n) is 4.84. The van der Waals surface area contributed by atoms with E-state index in [1.807, 2.05) is 0 Å². The van der Waals surface area contributed by atoms with Crippen LogP contribution >= 0.6 is 0 Å². The van der Waals surface area contributed by atoms with E-state index in [1.165, 1.54) is 25.7 Å². The highest BCUT2D eigenvalue weighted by atomic mass is 15.2. The minimum absolute atomic E-state index is 0.482. The van der Waals surface area contributed by atoms with E-state index in [2.05, 4.69) is 25.8 Å². The zero-order valence-electron chi connectivity index (χ0n) is 7.93. The molecule has 2 atom stereocenters. The molecule has 0 spiro atoms. The van der Waals surface area contributed by atoms with Gasteiger partial charge in [0.25, 0.3) is 0 Å². The SMILES string of the molecule is CN1C2CCCC2CC1(C)C. The van der Waals surface area contributed by atoms with Crippen LogP contribution in [-0.4, -0.2) is 23.5 Å². The molecule has 1 saturated heterocycles. The fraction of sp³-hybridized carbons (Fsp3) is 1.00. The molecule has 0 aromatic heterocycles. The third kappa shape index (κ3) is 1.01. The topological polar surface area (TPSA) is 3.24 Å². The monoisotopic (exact) mass is 153 g/mol. The maximum Gasteiger partial charge on any atom is 0.0156 e. The Morgan fingerprint density at radius 2 is 2.00 bits per heavy atom. The van der Waals surface area contributed by atoms with Crippen LogP contribution in [0.1, 0.15) is 39.5 Å². The summed E-state index contributed by atoms with van der Waals surface area (Å²) in [6, 6.07) is 0.921. The molecule has 1 aliphatic carbocycles. The van der Waals surface area contributed by atoms with Crippen LogP contribution in [0.3, 0.4) is 0 Å². The Morgan fingerprint density at radius 1 is 1.27 bits per heavy atom. The molecule has 0 bridgehead atoms. The predicted octanol–water partition coefficient (Wildman–Crippen LogP) is 2.27. The number of rotatable bonds is 0. The number of fused-ring (bicyclic) bond motifs is 1. The van der Waals surface area contributed by atoms with Crippen molar-refractivity contribution in [3.05, 3.63) is 0 Å². The van der Waals surface area contributed by atoms with E-state index in [0.717, 1.165) is 12.0 Å². The van der Waals surface area contributed by atoms with Gasteiger partial charge in [-0.15, -0.1) is 0 Å². The number of hydrogen-bond donors (Lipinski definition) is 0. The van der Waals surface area contributed by atoms with Gasteiger partial charge in [-0.2, -0.15) is 0 Å². The highest BCUT2D eigenvalue weighted by molar-refractivity contribution is 5.00. The Hall–Kier alpha value is -0.0400. The van der Waals surface area contributed by atoms with Gasteiger partial charge in [0.15, 0.2) is 0 Å². The van der Waals surface area contributed by atoms with Crippen molar-refractivity contribution in [1.29, 1.82) is 0 Å². The van der Waals surface area contributed by atoms with Crippen molar-refractivity contribution in [3.63, 3.8) is 0 Å². The van der Waals surface area contributed by atoms with Crippen molar-refractivity contribution < 1.29 is 0 Å². The number of hydrogen-bond acceptors (Lipinski definition) is 1. The maximum absolute atomic E-state index is 2.60. The van der Waals surface area contributed by atoms with E-state index in [4.69, 9.17) is 0 Å². The molecule has 1 aliphatic heterocycles. The smallest absolute Gasteiger partial charge is 0.0156 e. The standard InChI is InChI=1S/C10H19N/c1-10(2)7-8-5-4-6-9(8)11(10)3/h8-9H,4-7H2,1-3H3. The summed E-state index contributed by atoms with van der Waals surface area (Å²) in [5.74, 6) is 1.02. The van der Waals surface area contributed by atoms with Crippen LogP contribution in [0.4, 0.5) is 0 Å². The second-order valence-corrected chi connectivity index (χ2v) is 4.89. The molecule has 2 aliphatic rings. The summed E-state index contributed by atoms with van der Waals surface area (Å²) in [7, 11) is 2.30. The minimum atomic E-state index is 0.482. The second-order valence-electron chi connectivity index (χ2n) is 4.89. The lowest BCUT2D eigenvalue weighted by atomic mass is 9.95. The van der Waals surface area contributed by atoms with Gasteiger partial charge in [0.2, 0.25) is 0 Å². The van der Waals surface area contributed by atoms with Crippen LogP contribution < -0.4 is 0 Å². The zero-order chi connectivity index (χ0) is 8.06. The van der Waals surface area contributed by atoms with Gasteiger partial charge in [-0.3, -0.25) is 4.90 Å². The summed E-state index contributed by atoms with van der Waals surface area (Å²) < 4.78 is 0. The van der Waals surface area contributed by atoms with Crippen LogP contribution in [-0.2, 0) is 0 Å². The van der Waals surface area contributed by atoms with E-state index in [0.29, 0.717) is 5.54 Å². The molecule has 11 heavy (non-hydrogen) atoms. The maximum atomic E-state index is 2.60. The van der Waals surface area contributed by atoms with Gasteiger partial charge in [-0.05, 0) is 46.1 Å². The van der Waals surface area contributed by atoms with Crippen LogP contribution in [0, 0.1) is 5.92 Å². The van der Waals surface area contributed by atoms with Gasteiger partial charge in [0, 0.05) is 11.6 Å². The molecule has 0 aromatic rings. The van der Waals surface area contributed by atoms with Gasteiger partial charge in [0.05, 0.1) is 0 Å². The molecule has 1 heterocycles. The molecule has 0 radical (unpaired) electrons. The molecule has 1 saturated carbocycles. The van der Waals surface area contributed by atoms with Crippen LogP contribution in [0.25, 0.3) is 0 Å². The van der Waals surface area contributed by atoms with Crippen LogP contribution in [0.5, 0.6) is 0 Å². The van der Waals surface area contributed by atoms with Gasteiger partial charge >= 0.3 is 0 Å². The Balaban J connectivity index is 2.17. The molecular weight excluding hydrogens is 134 g/mol. The van der Waals surface area contributed by atoms with Gasteiger partial charge < -0.3 is 0 Å². The third-order valence-electron chi connectivity index (χ3n) is 3.83. The average molecular weight is 153 g/mol.